The van der Waals surface area contributed by atoms with E-state index in [1.54, 1.807) is 4.90 Å². The molecule has 2 heterocycles. The molecule has 2 N–H and O–H groups in total. The fraction of sp³-hybridized carbons (Fsp3) is 0.708. The van der Waals surface area contributed by atoms with Gasteiger partial charge in [0.15, 0.2) is 6.61 Å². The number of esters is 1. The number of rotatable bonds is 6. The Bertz CT molecular complexity index is 956. The van der Waals surface area contributed by atoms with Crippen LogP contribution in [0, 0.1) is 30.1 Å². The number of nitrogens with one attached hydrogen (secondary N) is 2. The summed E-state index contributed by atoms with van der Waals surface area (Å²) in [5, 5.41) is 2.50. The van der Waals surface area contributed by atoms with Gasteiger partial charge in [-0.3, -0.25) is 25.2 Å². The third-order valence-corrected chi connectivity index (χ3v) is 8.91. The molecule has 0 spiro atoms. The van der Waals surface area contributed by atoms with Gasteiger partial charge in [0.1, 0.15) is 11.0 Å². The predicted octanol–water partition coefficient (Wildman–Crippen LogP) is 1.89. The van der Waals surface area contributed by atoms with Crippen molar-refractivity contribution in [3.8, 4) is 0 Å². The summed E-state index contributed by atoms with van der Waals surface area (Å²) < 4.78 is 5.23. The van der Waals surface area contributed by atoms with Crippen molar-refractivity contribution < 1.29 is 23.9 Å². The monoisotopic (exact) mass is 488 g/mol. The molecule has 1 aromatic heterocycles. The molecule has 1 saturated heterocycles. The second kappa shape index (κ2) is 9.28. The van der Waals surface area contributed by atoms with E-state index in [0.717, 1.165) is 31.4 Å². The Balaban J connectivity index is 1.10. The standard InChI is InChI=1S/C24H32N4O5S/c1-14-13-34-21(25-14)8-19(29)26-27-20(30)12-33-22(31)18-3-2-4-28(18)23(32)24-9-15-5-16(10-24)7-17(6-15)11-24/h13,15-18H,2-12H2,1H3,(H,26,29)(H,27,30). The fourth-order valence-corrected chi connectivity index (χ4v) is 7.78. The highest BCUT2D eigenvalue weighted by Gasteiger charge is 2.57. The largest absolute Gasteiger partial charge is 0.454 e. The van der Waals surface area contributed by atoms with Crippen molar-refractivity contribution in [2.24, 2.45) is 23.2 Å². The molecule has 4 bridgehead atoms. The van der Waals surface area contributed by atoms with Gasteiger partial charge < -0.3 is 9.64 Å². The maximum atomic E-state index is 13.7. The average molecular weight is 489 g/mol. The Morgan fingerprint density at radius 3 is 2.35 bits per heavy atom. The van der Waals surface area contributed by atoms with Crippen LogP contribution in [0.3, 0.4) is 0 Å². The molecule has 0 radical (unpaired) electrons. The number of hydrogen-bond donors (Lipinski definition) is 2. The van der Waals surface area contributed by atoms with Gasteiger partial charge in [-0.25, -0.2) is 9.78 Å². The van der Waals surface area contributed by atoms with Crippen LogP contribution in [0.15, 0.2) is 5.38 Å². The number of aromatic nitrogens is 1. The van der Waals surface area contributed by atoms with E-state index in [-0.39, 0.29) is 17.7 Å². The topological polar surface area (TPSA) is 118 Å². The van der Waals surface area contributed by atoms with Gasteiger partial charge in [-0.15, -0.1) is 11.3 Å². The van der Waals surface area contributed by atoms with Gasteiger partial charge in [-0.05, 0) is 76.0 Å². The summed E-state index contributed by atoms with van der Waals surface area (Å²) in [5.41, 5.74) is 5.11. The lowest BCUT2D eigenvalue weighted by Gasteiger charge is -2.56. The minimum Gasteiger partial charge on any atom is -0.454 e. The van der Waals surface area contributed by atoms with Crippen LogP contribution in [0.1, 0.15) is 62.1 Å². The number of carbonyl (C=O) groups is 4. The number of carbonyl (C=O) groups excluding carboxylic acids is 4. The lowest BCUT2D eigenvalue weighted by atomic mass is 9.49. The second-order valence-electron chi connectivity index (χ2n) is 10.6. The van der Waals surface area contributed by atoms with Crippen LogP contribution >= 0.6 is 11.3 Å². The molecule has 0 aromatic carbocycles. The Hall–Kier alpha value is -2.49. The lowest BCUT2D eigenvalue weighted by Crippen LogP contribution is -2.56. The quantitative estimate of drug-likeness (QED) is 0.466. The highest BCUT2D eigenvalue weighted by Crippen LogP contribution is 2.60. The van der Waals surface area contributed by atoms with Crippen LogP contribution in [-0.2, 0) is 30.3 Å². The minimum atomic E-state index is -0.631. The smallest absolute Gasteiger partial charge is 0.329 e. The van der Waals surface area contributed by atoms with E-state index < -0.39 is 30.4 Å². The van der Waals surface area contributed by atoms with Crippen molar-refractivity contribution in [1.82, 2.24) is 20.7 Å². The van der Waals surface area contributed by atoms with E-state index >= 15 is 0 Å². The third-order valence-electron chi connectivity index (χ3n) is 7.94. The first-order valence-corrected chi connectivity index (χ1v) is 13.2. The molecule has 1 atom stereocenters. The molecule has 6 rings (SSSR count). The van der Waals surface area contributed by atoms with Crippen molar-refractivity contribution >= 4 is 35.0 Å². The van der Waals surface area contributed by atoms with Gasteiger partial charge in [-0.1, -0.05) is 0 Å². The van der Waals surface area contributed by atoms with Gasteiger partial charge >= 0.3 is 5.97 Å². The molecule has 5 fully saturated rings. The van der Waals surface area contributed by atoms with Crippen molar-refractivity contribution in [2.45, 2.75) is 70.8 Å². The van der Waals surface area contributed by atoms with Crippen molar-refractivity contribution in [1.29, 1.82) is 0 Å². The zero-order valence-corrected chi connectivity index (χ0v) is 20.3. The maximum Gasteiger partial charge on any atom is 0.329 e. The minimum absolute atomic E-state index is 0.0576. The Labute approximate surface area is 203 Å². The number of likely N-dealkylation sites (tertiary alicyclic amines) is 1. The number of thiazole rings is 1. The van der Waals surface area contributed by atoms with Gasteiger partial charge in [0.25, 0.3) is 5.91 Å². The molecule has 10 heteroatoms. The summed E-state index contributed by atoms with van der Waals surface area (Å²) in [6.45, 7) is 1.90. The summed E-state index contributed by atoms with van der Waals surface area (Å²) >= 11 is 1.37. The highest BCUT2D eigenvalue weighted by atomic mass is 32.1. The van der Waals surface area contributed by atoms with E-state index in [0.29, 0.717) is 35.7 Å². The third kappa shape index (κ3) is 4.69. The number of ether oxygens (including phenoxy) is 1. The summed E-state index contributed by atoms with van der Waals surface area (Å²) in [5.74, 6) is 0.506. The van der Waals surface area contributed by atoms with Crippen LogP contribution in [0.4, 0.5) is 0 Å². The molecule has 34 heavy (non-hydrogen) atoms. The molecule has 5 aliphatic rings. The van der Waals surface area contributed by atoms with Crippen LogP contribution in [0.2, 0.25) is 0 Å². The Morgan fingerprint density at radius 1 is 1.09 bits per heavy atom. The van der Waals surface area contributed by atoms with Crippen LogP contribution in [0.5, 0.6) is 0 Å². The highest BCUT2D eigenvalue weighted by molar-refractivity contribution is 7.09. The number of nitrogens with zero attached hydrogens (tertiary/aromatic N) is 2. The molecule has 9 nitrogen and oxygen atoms in total. The fourth-order valence-electron chi connectivity index (χ4n) is 7.01. The Kier molecular flexibility index (Phi) is 6.35. The zero-order valence-electron chi connectivity index (χ0n) is 19.5. The number of hydrogen-bond acceptors (Lipinski definition) is 7. The summed E-state index contributed by atoms with van der Waals surface area (Å²) in [4.78, 5) is 56.4. The summed E-state index contributed by atoms with van der Waals surface area (Å²) in [6.07, 6.45) is 8.02. The molecular weight excluding hydrogens is 456 g/mol. The van der Waals surface area contributed by atoms with Crippen molar-refractivity contribution in [3.63, 3.8) is 0 Å². The van der Waals surface area contributed by atoms with Gasteiger partial charge in [0, 0.05) is 17.6 Å². The normalized spacial score (nSPS) is 31.4. The molecular formula is C24H32N4O5S. The zero-order chi connectivity index (χ0) is 23.9. The molecule has 4 saturated carbocycles. The van der Waals surface area contributed by atoms with Crippen LogP contribution in [-0.4, -0.2) is 52.8 Å². The first-order chi connectivity index (χ1) is 16.3. The maximum absolute atomic E-state index is 13.7. The van der Waals surface area contributed by atoms with E-state index in [9.17, 15) is 19.2 Å². The SMILES string of the molecule is Cc1csc(CC(=O)NNC(=O)COC(=O)C2CCCN2C(=O)C23CC4CC(CC(C4)C2)C3)n1. The summed E-state index contributed by atoms with van der Waals surface area (Å²) in [6, 6.07) is -0.629. The van der Waals surface area contributed by atoms with E-state index in [4.69, 9.17) is 4.74 Å². The van der Waals surface area contributed by atoms with E-state index in [1.807, 2.05) is 12.3 Å². The molecule has 1 aliphatic heterocycles. The molecule has 1 unspecified atom stereocenters. The molecule has 3 amide bonds. The van der Waals surface area contributed by atoms with Gasteiger partial charge in [0.05, 0.1) is 11.8 Å². The van der Waals surface area contributed by atoms with Crippen molar-refractivity contribution in [2.75, 3.05) is 13.2 Å². The first-order valence-electron chi connectivity index (χ1n) is 12.3. The number of hydrazine groups is 1. The van der Waals surface area contributed by atoms with Gasteiger partial charge in [-0.2, -0.15) is 0 Å². The van der Waals surface area contributed by atoms with E-state index in [1.165, 1.54) is 30.6 Å². The molecule has 184 valence electrons. The number of amides is 3. The molecule has 4 aliphatic carbocycles. The summed E-state index contributed by atoms with van der Waals surface area (Å²) in [7, 11) is 0. The predicted molar refractivity (Wildman–Crippen MR) is 123 cm³/mol. The Morgan fingerprint density at radius 2 is 1.74 bits per heavy atom. The van der Waals surface area contributed by atoms with Crippen LogP contribution in [0.25, 0.3) is 0 Å². The lowest BCUT2D eigenvalue weighted by molar-refractivity contribution is -0.166. The average Bonchev–Trinajstić information content (AvgIpc) is 3.43. The van der Waals surface area contributed by atoms with E-state index in [2.05, 4.69) is 15.8 Å². The second-order valence-corrected chi connectivity index (χ2v) is 11.6. The van der Waals surface area contributed by atoms with Crippen LogP contribution < -0.4 is 10.9 Å². The first kappa shape index (κ1) is 23.3. The van der Waals surface area contributed by atoms with Gasteiger partial charge in [0.2, 0.25) is 11.8 Å². The van der Waals surface area contributed by atoms with Crippen molar-refractivity contribution in [3.05, 3.63) is 16.1 Å². The molecule has 1 aromatic rings. The number of aryl methyl sites for hydroxylation is 1.